The number of rotatable bonds is 6. The largest absolute Gasteiger partial charge is 0.348 e. The molecule has 176 valence electrons. The fourth-order valence-electron chi connectivity index (χ4n) is 4.78. The van der Waals surface area contributed by atoms with Gasteiger partial charge in [0.25, 0.3) is 5.91 Å². The first kappa shape index (κ1) is 23.4. The number of hydrogen-bond acceptors (Lipinski definition) is 5. The quantitative estimate of drug-likeness (QED) is 0.732. The van der Waals surface area contributed by atoms with Crippen LogP contribution in [-0.2, 0) is 11.3 Å². The van der Waals surface area contributed by atoms with Gasteiger partial charge in [0.1, 0.15) is 5.82 Å². The molecule has 2 aromatic rings. The number of likely N-dealkylation sites (tertiary alicyclic amines) is 2. The minimum Gasteiger partial charge on any atom is -0.348 e. The Morgan fingerprint density at radius 1 is 1.03 bits per heavy atom. The zero-order valence-corrected chi connectivity index (χ0v) is 19.6. The van der Waals surface area contributed by atoms with E-state index in [1.807, 2.05) is 42.2 Å². The normalized spacial score (nSPS) is 19.7. The van der Waals surface area contributed by atoms with Gasteiger partial charge in [-0.05, 0) is 51.3 Å². The predicted octanol–water partition coefficient (Wildman–Crippen LogP) is 3.30. The molecular weight excluding hydrogens is 414 g/mol. The van der Waals surface area contributed by atoms with E-state index in [0.717, 1.165) is 43.9 Å². The molecule has 1 aromatic carbocycles. The average molecular weight is 450 g/mol. The van der Waals surface area contributed by atoms with Crippen LogP contribution in [0.2, 0.25) is 0 Å². The summed E-state index contributed by atoms with van der Waals surface area (Å²) < 4.78 is 0. The number of aryl methyl sites for hydroxylation is 1. The molecule has 2 amide bonds. The molecule has 0 aliphatic carbocycles. The number of benzene rings is 1. The van der Waals surface area contributed by atoms with Crippen LogP contribution in [-0.4, -0.2) is 64.3 Å². The van der Waals surface area contributed by atoms with Gasteiger partial charge in [-0.3, -0.25) is 14.5 Å². The molecule has 7 heteroatoms. The number of carbonyl (C=O) groups is 2. The molecule has 0 radical (unpaired) electrons. The summed E-state index contributed by atoms with van der Waals surface area (Å²) in [5, 5.41) is 2.94. The number of piperidine rings is 1. The van der Waals surface area contributed by atoms with Gasteiger partial charge < -0.3 is 10.2 Å². The van der Waals surface area contributed by atoms with E-state index in [-0.39, 0.29) is 17.7 Å². The lowest BCUT2D eigenvalue weighted by Crippen LogP contribution is -2.45. The topological polar surface area (TPSA) is 78.4 Å². The molecule has 2 fully saturated rings. The molecule has 2 aliphatic rings. The highest BCUT2D eigenvalue weighted by atomic mass is 16.2. The minimum atomic E-state index is -0.166. The standard InChI is InChI=1S/C26H35N5O2/c1-20-23(26(33)28-16-21-10-5-4-6-11-21)17-27-25(29-20)22-12-9-15-31(18-22)24(32)19-30-13-7-2-3-8-14-30/h4-6,10-11,17,22H,2-3,7-9,12-16,18-19H2,1H3,(H,28,33)/t22-/m1/s1. The van der Waals surface area contributed by atoms with Crippen molar-refractivity contribution in [2.45, 2.75) is 57.9 Å². The molecule has 33 heavy (non-hydrogen) atoms. The Kier molecular flexibility index (Phi) is 8.05. The molecule has 2 aliphatic heterocycles. The number of carbonyl (C=O) groups excluding carboxylic acids is 2. The molecular formula is C26H35N5O2. The summed E-state index contributed by atoms with van der Waals surface area (Å²) >= 11 is 0. The molecule has 7 nitrogen and oxygen atoms in total. The molecule has 3 heterocycles. The van der Waals surface area contributed by atoms with Crippen molar-refractivity contribution in [3.05, 3.63) is 59.2 Å². The minimum absolute atomic E-state index is 0.118. The molecule has 1 atom stereocenters. The van der Waals surface area contributed by atoms with E-state index in [1.54, 1.807) is 6.20 Å². The summed E-state index contributed by atoms with van der Waals surface area (Å²) in [6.45, 7) is 6.37. The van der Waals surface area contributed by atoms with Crippen LogP contribution in [0.5, 0.6) is 0 Å². The summed E-state index contributed by atoms with van der Waals surface area (Å²) in [6.07, 6.45) is 8.48. The van der Waals surface area contributed by atoms with Crippen molar-refractivity contribution in [2.75, 3.05) is 32.7 Å². The highest BCUT2D eigenvalue weighted by Gasteiger charge is 2.28. The van der Waals surface area contributed by atoms with Crippen LogP contribution in [0.3, 0.4) is 0 Å². The lowest BCUT2D eigenvalue weighted by Gasteiger charge is -2.33. The summed E-state index contributed by atoms with van der Waals surface area (Å²) in [5.41, 5.74) is 2.23. The van der Waals surface area contributed by atoms with Gasteiger partial charge in [0, 0.05) is 31.7 Å². The third-order valence-electron chi connectivity index (χ3n) is 6.74. The van der Waals surface area contributed by atoms with E-state index in [9.17, 15) is 9.59 Å². The van der Waals surface area contributed by atoms with Crippen LogP contribution in [0.1, 0.15) is 71.9 Å². The second-order valence-electron chi connectivity index (χ2n) is 9.26. The van der Waals surface area contributed by atoms with Crippen molar-refractivity contribution >= 4 is 11.8 Å². The zero-order chi connectivity index (χ0) is 23.0. The Morgan fingerprint density at radius 2 is 1.79 bits per heavy atom. The van der Waals surface area contributed by atoms with E-state index >= 15 is 0 Å². The van der Waals surface area contributed by atoms with Gasteiger partial charge in [-0.1, -0.05) is 43.2 Å². The highest BCUT2D eigenvalue weighted by Crippen LogP contribution is 2.25. The third-order valence-corrected chi connectivity index (χ3v) is 6.74. The molecule has 0 unspecified atom stereocenters. The number of hydrogen-bond donors (Lipinski definition) is 1. The first-order valence-electron chi connectivity index (χ1n) is 12.3. The molecule has 2 saturated heterocycles. The highest BCUT2D eigenvalue weighted by molar-refractivity contribution is 5.94. The number of nitrogens with zero attached hydrogens (tertiary/aromatic N) is 4. The van der Waals surface area contributed by atoms with E-state index in [0.29, 0.717) is 30.9 Å². The Morgan fingerprint density at radius 3 is 2.52 bits per heavy atom. The number of nitrogens with one attached hydrogen (secondary N) is 1. The SMILES string of the molecule is Cc1nc([C@@H]2CCCN(C(=O)CN3CCCCCC3)C2)ncc1C(=O)NCc1ccccc1. The molecule has 0 bridgehead atoms. The maximum atomic E-state index is 12.9. The van der Waals surface area contributed by atoms with Crippen LogP contribution in [0.25, 0.3) is 0 Å². The van der Waals surface area contributed by atoms with Gasteiger partial charge in [-0.15, -0.1) is 0 Å². The second kappa shape index (κ2) is 11.4. The third kappa shape index (κ3) is 6.38. The van der Waals surface area contributed by atoms with Gasteiger partial charge in [0.15, 0.2) is 0 Å². The van der Waals surface area contributed by atoms with Crippen LogP contribution in [0, 0.1) is 6.92 Å². The molecule has 4 rings (SSSR count). The van der Waals surface area contributed by atoms with Crippen molar-refractivity contribution < 1.29 is 9.59 Å². The Labute approximate surface area is 196 Å². The summed E-state index contributed by atoms with van der Waals surface area (Å²) in [5.74, 6) is 0.905. The van der Waals surface area contributed by atoms with Crippen LogP contribution < -0.4 is 5.32 Å². The van der Waals surface area contributed by atoms with Crippen molar-refractivity contribution in [1.82, 2.24) is 25.1 Å². The number of aromatic nitrogens is 2. The lowest BCUT2D eigenvalue weighted by molar-refractivity contribution is -0.133. The maximum Gasteiger partial charge on any atom is 0.254 e. The van der Waals surface area contributed by atoms with Crippen molar-refractivity contribution in [1.29, 1.82) is 0 Å². The van der Waals surface area contributed by atoms with Crippen LogP contribution in [0.4, 0.5) is 0 Å². The van der Waals surface area contributed by atoms with Crippen molar-refractivity contribution in [3.8, 4) is 0 Å². The number of amides is 2. The van der Waals surface area contributed by atoms with Gasteiger partial charge >= 0.3 is 0 Å². The Balaban J connectivity index is 1.34. The summed E-state index contributed by atoms with van der Waals surface area (Å²) in [7, 11) is 0. The lowest BCUT2D eigenvalue weighted by atomic mass is 9.96. The molecule has 1 aromatic heterocycles. The van der Waals surface area contributed by atoms with E-state index < -0.39 is 0 Å². The van der Waals surface area contributed by atoms with Crippen molar-refractivity contribution in [2.24, 2.45) is 0 Å². The van der Waals surface area contributed by atoms with E-state index in [1.165, 1.54) is 25.7 Å². The van der Waals surface area contributed by atoms with Gasteiger partial charge in [-0.2, -0.15) is 0 Å². The first-order valence-corrected chi connectivity index (χ1v) is 12.3. The zero-order valence-electron chi connectivity index (χ0n) is 19.6. The van der Waals surface area contributed by atoms with Gasteiger partial charge in [0.2, 0.25) is 5.91 Å². The van der Waals surface area contributed by atoms with Gasteiger partial charge in [-0.25, -0.2) is 9.97 Å². The monoisotopic (exact) mass is 449 g/mol. The second-order valence-corrected chi connectivity index (χ2v) is 9.26. The molecule has 1 N–H and O–H groups in total. The van der Waals surface area contributed by atoms with Crippen molar-refractivity contribution in [3.63, 3.8) is 0 Å². The van der Waals surface area contributed by atoms with Crippen LogP contribution in [0.15, 0.2) is 36.5 Å². The molecule has 0 spiro atoms. The first-order chi connectivity index (χ1) is 16.1. The van der Waals surface area contributed by atoms with Gasteiger partial charge in [0.05, 0.1) is 17.8 Å². The Hall–Kier alpha value is -2.80. The average Bonchev–Trinajstić information content (AvgIpc) is 3.12. The fourth-order valence-corrected chi connectivity index (χ4v) is 4.78. The maximum absolute atomic E-state index is 12.9. The smallest absolute Gasteiger partial charge is 0.254 e. The van der Waals surface area contributed by atoms with E-state index in [4.69, 9.17) is 0 Å². The fraction of sp³-hybridized carbons (Fsp3) is 0.538. The van der Waals surface area contributed by atoms with Crippen LogP contribution >= 0.6 is 0 Å². The predicted molar refractivity (Wildman–Crippen MR) is 128 cm³/mol. The summed E-state index contributed by atoms with van der Waals surface area (Å²) in [4.78, 5) is 39.1. The molecule has 0 saturated carbocycles. The summed E-state index contributed by atoms with van der Waals surface area (Å²) in [6, 6.07) is 9.83. The Bertz CT molecular complexity index is 941. The van der Waals surface area contributed by atoms with E-state index in [2.05, 4.69) is 20.2 Å².